The molecule has 0 bridgehead atoms. The topological polar surface area (TPSA) is 99.2 Å². The molecule has 0 saturated carbocycles. The Morgan fingerprint density at radius 2 is 1.65 bits per heavy atom. The Balaban J connectivity index is 2.55. The van der Waals surface area contributed by atoms with Gasteiger partial charge in [-0.15, -0.1) is 0 Å². The third-order valence-electron chi connectivity index (χ3n) is 3.98. The molecule has 164 valence electrons. The highest BCUT2D eigenvalue weighted by Gasteiger charge is 2.22. The van der Waals surface area contributed by atoms with E-state index >= 15 is 0 Å². The molecular formula is C21H19BrClNO7. The molecule has 10 heteroatoms. The molecule has 2 aromatic rings. The van der Waals surface area contributed by atoms with Gasteiger partial charge in [-0.25, -0.2) is 4.79 Å². The highest BCUT2D eigenvalue weighted by molar-refractivity contribution is 9.10. The van der Waals surface area contributed by atoms with Crippen LogP contribution in [0.1, 0.15) is 36.7 Å². The molecule has 2 rings (SSSR count). The third kappa shape index (κ3) is 6.28. The van der Waals surface area contributed by atoms with Gasteiger partial charge in [-0.05, 0) is 24.3 Å². The number of ether oxygens (including phenoxy) is 3. The van der Waals surface area contributed by atoms with E-state index < -0.39 is 17.9 Å². The van der Waals surface area contributed by atoms with Gasteiger partial charge >= 0.3 is 17.9 Å². The lowest BCUT2D eigenvalue weighted by atomic mass is 10.1. The summed E-state index contributed by atoms with van der Waals surface area (Å²) < 4.78 is 15.7. The Morgan fingerprint density at radius 1 is 1.00 bits per heavy atom. The van der Waals surface area contributed by atoms with E-state index in [4.69, 9.17) is 25.8 Å². The maximum absolute atomic E-state index is 12.4. The van der Waals surface area contributed by atoms with Crippen molar-refractivity contribution in [2.45, 2.75) is 27.3 Å². The predicted octanol–water partition coefficient (Wildman–Crippen LogP) is 4.29. The molecule has 0 radical (unpaired) electrons. The summed E-state index contributed by atoms with van der Waals surface area (Å²) in [7, 11) is 1.20. The van der Waals surface area contributed by atoms with Crippen LogP contribution in [0.3, 0.4) is 0 Å². The Morgan fingerprint density at radius 3 is 2.19 bits per heavy atom. The summed E-state index contributed by atoms with van der Waals surface area (Å²) in [6.07, 6.45) is 0. The second-order valence-electron chi connectivity index (χ2n) is 6.34. The van der Waals surface area contributed by atoms with Crippen LogP contribution in [0.2, 0.25) is 5.02 Å². The quantitative estimate of drug-likeness (QED) is 0.420. The van der Waals surface area contributed by atoms with E-state index in [1.807, 2.05) is 0 Å². The number of carbonyl (C=O) groups is 4. The molecule has 0 heterocycles. The summed E-state index contributed by atoms with van der Waals surface area (Å²) in [5.41, 5.74) is 0.813. The number of nitrogens with zero attached hydrogens (tertiary/aromatic N) is 1. The summed E-state index contributed by atoms with van der Waals surface area (Å²) in [4.78, 5) is 48.7. The number of halogens is 2. The lowest BCUT2D eigenvalue weighted by Crippen LogP contribution is -2.28. The van der Waals surface area contributed by atoms with Crippen LogP contribution in [0.25, 0.3) is 0 Å². The molecule has 0 unspecified atom stereocenters. The number of methoxy groups -OCH3 is 1. The average Bonchev–Trinajstić information content (AvgIpc) is 2.67. The van der Waals surface area contributed by atoms with E-state index in [2.05, 4.69) is 15.9 Å². The van der Waals surface area contributed by atoms with Gasteiger partial charge < -0.3 is 19.1 Å². The number of esters is 3. The third-order valence-corrected chi connectivity index (χ3v) is 4.71. The number of benzene rings is 2. The zero-order valence-electron chi connectivity index (χ0n) is 17.2. The minimum absolute atomic E-state index is 0.0197. The summed E-state index contributed by atoms with van der Waals surface area (Å²) in [5.74, 6) is -2.21. The van der Waals surface area contributed by atoms with Gasteiger partial charge in [0.25, 0.3) is 0 Å². The molecule has 31 heavy (non-hydrogen) atoms. The second kappa shape index (κ2) is 10.4. The fraction of sp³-hybridized carbons (Fsp3) is 0.238. The maximum Gasteiger partial charge on any atom is 0.341 e. The van der Waals surface area contributed by atoms with Gasteiger partial charge in [-0.3, -0.25) is 14.4 Å². The largest absolute Gasteiger partial charge is 0.465 e. The number of hydrogen-bond donors (Lipinski definition) is 0. The first-order chi connectivity index (χ1) is 14.5. The first kappa shape index (κ1) is 24.4. The van der Waals surface area contributed by atoms with Crippen LogP contribution in [0.5, 0.6) is 11.5 Å². The zero-order valence-corrected chi connectivity index (χ0v) is 19.5. The normalized spacial score (nSPS) is 10.3. The van der Waals surface area contributed by atoms with Gasteiger partial charge in [0.05, 0.1) is 18.7 Å². The Kier molecular flexibility index (Phi) is 8.18. The Bertz CT molecular complexity index is 1050. The van der Waals surface area contributed by atoms with Crippen LogP contribution >= 0.6 is 27.5 Å². The van der Waals surface area contributed by atoms with Crippen LogP contribution in [-0.2, 0) is 25.7 Å². The number of rotatable bonds is 6. The molecule has 1 amide bonds. The molecule has 0 aromatic heterocycles. The smallest absolute Gasteiger partial charge is 0.341 e. The molecule has 0 fully saturated rings. The first-order valence-corrected chi connectivity index (χ1v) is 10.1. The summed E-state index contributed by atoms with van der Waals surface area (Å²) in [6.45, 7) is 3.74. The Hall–Kier alpha value is -2.91. The zero-order chi connectivity index (χ0) is 23.3. The van der Waals surface area contributed by atoms with E-state index in [1.165, 1.54) is 51.0 Å². The molecule has 2 aromatic carbocycles. The molecule has 0 aliphatic rings. The predicted molar refractivity (Wildman–Crippen MR) is 116 cm³/mol. The molecule has 0 aliphatic carbocycles. The van der Waals surface area contributed by atoms with Crippen LogP contribution in [0.15, 0.2) is 34.8 Å². The van der Waals surface area contributed by atoms with Crippen molar-refractivity contribution in [1.29, 1.82) is 0 Å². The maximum atomic E-state index is 12.4. The van der Waals surface area contributed by atoms with E-state index in [1.54, 1.807) is 12.1 Å². The average molecular weight is 513 g/mol. The van der Waals surface area contributed by atoms with Crippen LogP contribution in [-0.4, -0.2) is 30.9 Å². The molecule has 0 spiro atoms. The highest BCUT2D eigenvalue weighted by atomic mass is 79.9. The second-order valence-corrected chi connectivity index (χ2v) is 7.66. The molecule has 0 atom stereocenters. The molecule has 0 saturated heterocycles. The lowest BCUT2D eigenvalue weighted by Gasteiger charge is -2.24. The minimum atomic E-state index is -0.701. The summed E-state index contributed by atoms with van der Waals surface area (Å²) in [5, 5.41) is 0.185. The minimum Gasteiger partial charge on any atom is -0.465 e. The van der Waals surface area contributed by atoms with E-state index in [9.17, 15) is 19.2 Å². The van der Waals surface area contributed by atoms with Crippen molar-refractivity contribution in [1.82, 2.24) is 0 Å². The van der Waals surface area contributed by atoms with Crippen molar-refractivity contribution >= 4 is 57.0 Å². The van der Waals surface area contributed by atoms with Crippen molar-refractivity contribution in [2.24, 2.45) is 0 Å². The van der Waals surface area contributed by atoms with Crippen LogP contribution < -0.4 is 14.4 Å². The lowest BCUT2D eigenvalue weighted by molar-refractivity contribution is -0.132. The van der Waals surface area contributed by atoms with Crippen LogP contribution in [0, 0.1) is 0 Å². The number of amides is 1. The number of anilines is 1. The monoisotopic (exact) mass is 511 g/mol. The number of hydrogen-bond acceptors (Lipinski definition) is 7. The first-order valence-electron chi connectivity index (χ1n) is 8.88. The van der Waals surface area contributed by atoms with Crippen molar-refractivity contribution in [3.63, 3.8) is 0 Å². The van der Waals surface area contributed by atoms with Gasteiger partial charge in [-0.2, -0.15) is 0 Å². The van der Waals surface area contributed by atoms with Crippen molar-refractivity contribution < 1.29 is 33.4 Å². The van der Waals surface area contributed by atoms with Crippen LogP contribution in [0.4, 0.5) is 5.69 Å². The fourth-order valence-corrected chi connectivity index (χ4v) is 3.66. The summed E-state index contributed by atoms with van der Waals surface area (Å²) >= 11 is 9.55. The number of carbonyl (C=O) groups excluding carboxylic acids is 4. The van der Waals surface area contributed by atoms with E-state index in [0.717, 1.165) is 0 Å². The summed E-state index contributed by atoms with van der Waals surface area (Å²) in [6, 6.07) is 7.49. The molecule has 8 nitrogen and oxygen atoms in total. The van der Waals surface area contributed by atoms with Gasteiger partial charge in [0.15, 0.2) is 5.75 Å². The van der Waals surface area contributed by atoms with Crippen molar-refractivity contribution in [2.75, 3.05) is 12.0 Å². The molecule has 0 aliphatic heterocycles. The SMILES string of the molecule is COC(=O)c1ccc(N(Cc2cc(Br)cc(Cl)c2OC(C)=O)C(C)=O)cc1OC(C)=O. The Labute approximate surface area is 192 Å². The van der Waals surface area contributed by atoms with Gasteiger partial charge in [0.2, 0.25) is 5.91 Å². The van der Waals surface area contributed by atoms with Crippen molar-refractivity contribution in [3.8, 4) is 11.5 Å². The van der Waals surface area contributed by atoms with Gasteiger partial charge in [-0.1, -0.05) is 27.5 Å². The molecular weight excluding hydrogens is 494 g/mol. The highest BCUT2D eigenvalue weighted by Crippen LogP contribution is 2.35. The molecule has 0 N–H and O–H groups in total. The fourth-order valence-electron chi connectivity index (χ4n) is 2.74. The van der Waals surface area contributed by atoms with Gasteiger partial charge in [0, 0.05) is 42.6 Å². The standard InChI is InChI=1S/C21H19BrClNO7/c1-11(25)24(10-14-7-15(22)8-18(23)20(14)31-13(3)27)16-5-6-17(21(28)29-4)19(9-16)30-12(2)26/h5-9H,10H2,1-4H3. The van der Waals surface area contributed by atoms with Gasteiger partial charge in [0.1, 0.15) is 11.3 Å². The van der Waals surface area contributed by atoms with E-state index in [-0.39, 0.29) is 34.5 Å². The van der Waals surface area contributed by atoms with Crippen molar-refractivity contribution in [3.05, 3.63) is 51.0 Å². The van der Waals surface area contributed by atoms with E-state index in [0.29, 0.717) is 15.7 Å².